The average Bonchev–Trinajstić information content (AvgIpc) is 1.97. The Kier molecular flexibility index (Phi) is 5.84. The lowest BCUT2D eigenvalue weighted by molar-refractivity contribution is -0.110. The lowest BCUT2D eigenvalue weighted by atomic mass is 10.2. The Balaban J connectivity index is 3.43. The zero-order valence-corrected chi connectivity index (χ0v) is 7.55. The van der Waals surface area contributed by atoms with Crippen LogP contribution in [0.25, 0.3) is 0 Å². The third-order valence-corrected chi connectivity index (χ3v) is 1.45. The van der Waals surface area contributed by atoms with Crippen LogP contribution in [0.15, 0.2) is 0 Å². The summed E-state index contributed by atoms with van der Waals surface area (Å²) in [6.45, 7) is 7.26. The SMILES string of the molecule is CCC(NC=O)NCC(C)C. The Morgan fingerprint density at radius 1 is 1.45 bits per heavy atom. The van der Waals surface area contributed by atoms with Gasteiger partial charge in [-0.25, -0.2) is 0 Å². The molecule has 0 saturated heterocycles. The van der Waals surface area contributed by atoms with Crippen molar-refractivity contribution in [3.63, 3.8) is 0 Å². The van der Waals surface area contributed by atoms with Crippen molar-refractivity contribution in [3.8, 4) is 0 Å². The van der Waals surface area contributed by atoms with Crippen LogP contribution >= 0.6 is 0 Å². The normalized spacial score (nSPS) is 13.1. The smallest absolute Gasteiger partial charge is 0.208 e. The number of hydrogen-bond acceptors (Lipinski definition) is 2. The quantitative estimate of drug-likeness (QED) is 0.441. The standard InChI is InChI=1S/C8H18N2O/c1-4-8(10-6-11)9-5-7(2)3/h6-9H,4-5H2,1-3H3,(H,10,11). The first-order valence-corrected chi connectivity index (χ1v) is 4.13. The van der Waals surface area contributed by atoms with Crippen LogP contribution in [0, 0.1) is 5.92 Å². The molecule has 0 aliphatic carbocycles. The van der Waals surface area contributed by atoms with Crippen molar-refractivity contribution in [1.82, 2.24) is 10.6 Å². The summed E-state index contributed by atoms with van der Waals surface area (Å²) in [6, 6.07) is 0. The average molecular weight is 158 g/mol. The first-order chi connectivity index (χ1) is 5.20. The first kappa shape index (κ1) is 10.4. The monoisotopic (exact) mass is 158 g/mol. The molecule has 1 amide bonds. The highest BCUT2D eigenvalue weighted by Gasteiger charge is 2.02. The van der Waals surface area contributed by atoms with Crippen molar-refractivity contribution in [3.05, 3.63) is 0 Å². The highest BCUT2D eigenvalue weighted by molar-refractivity contribution is 5.46. The molecule has 11 heavy (non-hydrogen) atoms. The van der Waals surface area contributed by atoms with E-state index in [1.54, 1.807) is 0 Å². The molecule has 0 heterocycles. The van der Waals surface area contributed by atoms with Gasteiger partial charge in [0.2, 0.25) is 6.41 Å². The van der Waals surface area contributed by atoms with Gasteiger partial charge in [-0.15, -0.1) is 0 Å². The molecule has 0 aliphatic rings. The van der Waals surface area contributed by atoms with E-state index in [0.717, 1.165) is 19.4 Å². The molecular formula is C8H18N2O. The zero-order chi connectivity index (χ0) is 8.69. The van der Waals surface area contributed by atoms with Crippen LogP contribution in [0.5, 0.6) is 0 Å². The first-order valence-electron chi connectivity index (χ1n) is 4.13. The topological polar surface area (TPSA) is 41.1 Å². The van der Waals surface area contributed by atoms with Gasteiger partial charge < -0.3 is 5.32 Å². The predicted molar refractivity (Wildman–Crippen MR) is 46.1 cm³/mol. The maximum atomic E-state index is 10.1. The molecule has 3 heteroatoms. The van der Waals surface area contributed by atoms with Gasteiger partial charge in [-0.1, -0.05) is 20.8 Å². The van der Waals surface area contributed by atoms with E-state index in [0.29, 0.717) is 5.92 Å². The van der Waals surface area contributed by atoms with Crippen molar-refractivity contribution in [1.29, 1.82) is 0 Å². The fraction of sp³-hybridized carbons (Fsp3) is 0.875. The van der Waals surface area contributed by atoms with Crippen molar-refractivity contribution in [2.75, 3.05) is 6.54 Å². The molecule has 0 bridgehead atoms. The summed E-state index contributed by atoms with van der Waals surface area (Å²) in [4.78, 5) is 10.1. The molecule has 0 aromatic heterocycles. The van der Waals surface area contributed by atoms with Gasteiger partial charge in [-0.05, 0) is 18.9 Å². The third-order valence-electron chi connectivity index (χ3n) is 1.45. The van der Waals surface area contributed by atoms with E-state index in [1.807, 2.05) is 6.92 Å². The summed E-state index contributed by atoms with van der Waals surface area (Å²) in [5.41, 5.74) is 0. The Bertz CT molecular complexity index is 104. The maximum Gasteiger partial charge on any atom is 0.208 e. The fourth-order valence-corrected chi connectivity index (χ4v) is 0.781. The summed E-state index contributed by atoms with van der Waals surface area (Å²) in [7, 11) is 0. The van der Waals surface area contributed by atoms with Gasteiger partial charge in [0.25, 0.3) is 0 Å². The van der Waals surface area contributed by atoms with Gasteiger partial charge in [0.15, 0.2) is 0 Å². The van der Waals surface area contributed by atoms with E-state index in [1.165, 1.54) is 0 Å². The molecule has 0 saturated carbocycles. The Labute approximate surface area is 68.6 Å². The van der Waals surface area contributed by atoms with Gasteiger partial charge in [0, 0.05) is 0 Å². The molecule has 0 aliphatic heterocycles. The molecule has 1 unspecified atom stereocenters. The van der Waals surface area contributed by atoms with E-state index in [2.05, 4.69) is 24.5 Å². The molecule has 0 aromatic carbocycles. The van der Waals surface area contributed by atoms with Crippen LogP contribution in [0.3, 0.4) is 0 Å². The van der Waals surface area contributed by atoms with Crippen LogP contribution in [0.2, 0.25) is 0 Å². The maximum absolute atomic E-state index is 10.1. The highest BCUT2D eigenvalue weighted by atomic mass is 16.1. The number of nitrogens with one attached hydrogen (secondary N) is 2. The number of rotatable bonds is 6. The minimum atomic E-state index is 0.134. The van der Waals surface area contributed by atoms with Crippen LogP contribution in [0.4, 0.5) is 0 Å². The molecule has 66 valence electrons. The van der Waals surface area contributed by atoms with E-state index < -0.39 is 0 Å². The molecule has 1 atom stereocenters. The van der Waals surface area contributed by atoms with E-state index in [-0.39, 0.29) is 6.17 Å². The summed E-state index contributed by atoms with van der Waals surface area (Å²) in [5, 5.41) is 5.92. The third kappa shape index (κ3) is 5.85. The summed E-state index contributed by atoms with van der Waals surface area (Å²) in [6.07, 6.45) is 1.79. The number of hydrogen-bond donors (Lipinski definition) is 2. The van der Waals surface area contributed by atoms with Crippen molar-refractivity contribution in [2.24, 2.45) is 5.92 Å². The Morgan fingerprint density at radius 2 is 2.09 bits per heavy atom. The molecule has 3 nitrogen and oxygen atoms in total. The molecule has 2 N–H and O–H groups in total. The van der Waals surface area contributed by atoms with Crippen LogP contribution in [-0.2, 0) is 4.79 Å². The summed E-state index contributed by atoms with van der Waals surface area (Å²) >= 11 is 0. The minimum absolute atomic E-state index is 0.134. The van der Waals surface area contributed by atoms with Crippen molar-refractivity contribution < 1.29 is 4.79 Å². The Hall–Kier alpha value is -0.570. The molecule has 0 aromatic rings. The van der Waals surface area contributed by atoms with E-state index in [4.69, 9.17) is 0 Å². The zero-order valence-electron chi connectivity index (χ0n) is 7.55. The molecule has 0 spiro atoms. The second kappa shape index (κ2) is 6.16. The number of carbonyl (C=O) groups excluding carboxylic acids is 1. The lowest BCUT2D eigenvalue weighted by Crippen LogP contribution is -2.42. The van der Waals surface area contributed by atoms with Gasteiger partial charge in [-0.2, -0.15) is 0 Å². The number of amides is 1. The second-order valence-electron chi connectivity index (χ2n) is 3.05. The van der Waals surface area contributed by atoms with Gasteiger partial charge in [0.1, 0.15) is 0 Å². The second-order valence-corrected chi connectivity index (χ2v) is 3.05. The number of carbonyl (C=O) groups is 1. The van der Waals surface area contributed by atoms with Gasteiger partial charge in [-0.3, -0.25) is 10.1 Å². The van der Waals surface area contributed by atoms with Crippen molar-refractivity contribution in [2.45, 2.75) is 33.4 Å². The summed E-state index contributed by atoms with van der Waals surface area (Å²) in [5.74, 6) is 0.623. The largest absolute Gasteiger partial charge is 0.343 e. The van der Waals surface area contributed by atoms with Gasteiger partial charge in [0.05, 0.1) is 6.17 Å². The molecular weight excluding hydrogens is 140 g/mol. The van der Waals surface area contributed by atoms with Gasteiger partial charge >= 0.3 is 0 Å². The predicted octanol–water partition coefficient (Wildman–Crippen LogP) is 0.714. The summed E-state index contributed by atoms with van der Waals surface area (Å²) < 4.78 is 0. The van der Waals surface area contributed by atoms with Crippen LogP contribution in [0.1, 0.15) is 27.2 Å². The highest BCUT2D eigenvalue weighted by Crippen LogP contribution is 1.90. The molecule has 0 rings (SSSR count). The van der Waals surface area contributed by atoms with E-state index >= 15 is 0 Å². The van der Waals surface area contributed by atoms with Crippen molar-refractivity contribution >= 4 is 6.41 Å². The van der Waals surface area contributed by atoms with Crippen LogP contribution < -0.4 is 10.6 Å². The molecule has 0 radical (unpaired) electrons. The minimum Gasteiger partial charge on any atom is -0.343 e. The molecule has 0 fully saturated rings. The lowest BCUT2D eigenvalue weighted by Gasteiger charge is -2.16. The fourth-order valence-electron chi connectivity index (χ4n) is 0.781. The van der Waals surface area contributed by atoms with Crippen LogP contribution in [-0.4, -0.2) is 19.1 Å². The van der Waals surface area contributed by atoms with E-state index in [9.17, 15) is 4.79 Å². The Morgan fingerprint density at radius 3 is 2.45 bits per heavy atom.